The van der Waals surface area contributed by atoms with E-state index in [1.54, 1.807) is 4.90 Å². The number of pyridine rings is 1. The van der Waals surface area contributed by atoms with E-state index in [4.69, 9.17) is 4.74 Å². The zero-order chi connectivity index (χ0) is 16.7. The second kappa shape index (κ2) is 5.64. The van der Waals surface area contributed by atoms with Gasteiger partial charge in [0.1, 0.15) is 12.4 Å². The van der Waals surface area contributed by atoms with Crippen LogP contribution in [0.1, 0.15) is 27.2 Å². The molecule has 1 amide bonds. The van der Waals surface area contributed by atoms with Gasteiger partial charge in [0.25, 0.3) is 5.91 Å². The summed E-state index contributed by atoms with van der Waals surface area (Å²) in [6.07, 6.45) is 0. The number of rotatable bonds is 3. The highest BCUT2D eigenvalue weighted by Crippen LogP contribution is 2.27. The van der Waals surface area contributed by atoms with Crippen molar-refractivity contribution in [1.29, 1.82) is 0 Å². The Balaban J connectivity index is 1.61. The molecule has 0 spiro atoms. The first-order valence-corrected chi connectivity index (χ1v) is 7.98. The molecule has 0 N–H and O–H groups in total. The molecule has 0 aliphatic carbocycles. The van der Waals surface area contributed by atoms with E-state index in [0.29, 0.717) is 13.2 Å². The van der Waals surface area contributed by atoms with Gasteiger partial charge in [-0.25, -0.2) is 0 Å². The Kier molecular flexibility index (Phi) is 3.45. The molecule has 0 radical (unpaired) electrons. The van der Waals surface area contributed by atoms with E-state index in [2.05, 4.69) is 17.1 Å². The second-order valence-electron chi connectivity index (χ2n) is 6.21. The average Bonchev–Trinajstić information content (AvgIpc) is 2.87. The Bertz CT molecular complexity index is 950. The van der Waals surface area contributed by atoms with Gasteiger partial charge in [-0.2, -0.15) is 0 Å². The van der Waals surface area contributed by atoms with Crippen LogP contribution < -0.4 is 4.74 Å². The molecular formula is C20H18N2O2. The summed E-state index contributed by atoms with van der Waals surface area (Å²) in [5, 5.41) is 1.10. The number of ether oxygens (including phenoxy) is 1. The Labute approximate surface area is 140 Å². The van der Waals surface area contributed by atoms with Crippen molar-refractivity contribution in [3.05, 3.63) is 70.9 Å². The molecule has 0 saturated heterocycles. The van der Waals surface area contributed by atoms with Crippen LogP contribution in [0.15, 0.2) is 48.5 Å². The zero-order valence-electron chi connectivity index (χ0n) is 13.7. The molecular weight excluding hydrogens is 300 g/mol. The molecule has 1 aromatic heterocycles. The second-order valence-corrected chi connectivity index (χ2v) is 6.21. The Hall–Kier alpha value is -2.88. The predicted octanol–water partition coefficient (Wildman–Crippen LogP) is 3.71. The number of fused-ring (bicyclic) bond motifs is 2. The Morgan fingerprint density at radius 2 is 2.00 bits per heavy atom. The van der Waals surface area contributed by atoms with E-state index in [-0.39, 0.29) is 5.91 Å². The lowest BCUT2D eigenvalue weighted by molar-refractivity contribution is 0.0816. The van der Waals surface area contributed by atoms with Crippen LogP contribution in [0.3, 0.4) is 0 Å². The van der Waals surface area contributed by atoms with Gasteiger partial charge in [-0.15, -0.1) is 0 Å². The Morgan fingerprint density at radius 1 is 1.17 bits per heavy atom. The molecule has 1 aliphatic rings. The number of benzene rings is 2. The smallest absolute Gasteiger partial charge is 0.254 e. The summed E-state index contributed by atoms with van der Waals surface area (Å²) in [4.78, 5) is 18.4. The van der Waals surface area contributed by atoms with Gasteiger partial charge in [0.05, 0.1) is 5.52 Å². The van der Waals surface area contributed by atoms with Crippen molar-refractivity contribution < 1.29 is 9.53 Å². The number of amides is 1. The largest absolute Gasteiger partial charge is 0.489 e. The third-order valence-electron chi connectivity index (χ3n) is 4.39. The van der Waals surface area contributed by atoms with Gasteiger partial charge in [-0.1, -0.05) is 24.3 Å². The highest BCUT2D eigenvalue weighted by molar-refractivity contribution is 5.98. The molecule has 24 heavy (non-hydrogen) atoms. The number of hydrogen-bond donors (Lipinski definition) is 0. The Morgan fingerprint density at radius 3 is 2.88 bits per heavy atom. The maximum atomic E-state index is 12.1. The maximum Gasteiger partial charge on any atom is 0.254 e. The minimum atomic E-state index is 0.0562. The zero-order valence-corrected chi connectivity index (χ0v) is 13.7. The summed E-state index contributed by atoms with van der Waals surface area (Å²) in [7, 11) is 1.81. The van der Waals surface area contributed by atoms with Crippen LogP contribution in [-0.4, -0.2) is 22.8 Å². The summed E-state index contributed by atoms with van der Waals surface area (Å²) in [6, 6.07) is 15.9. The number of aryl methyl sites for hydroxylation is 1. The third-order valence-corrected chi connectivity index (χ3v) is 4.39. The first kappa shape index (κ1) is 14.7. The van der Waals surface area contributed by atoms with Crippen LogP contribution in [0.2, 0.25) is 0 Å². The van der Waals surface area contributed by atoms with E-state index in [1.165, 1.54) is 0 Å². The monoisotopic (exact) mass is 318 g/mol. The van der Waals surface area contributed by atoms with Crippen LogP contribution >= 0.6 is 0 Å². The first-order chi connectivity index (χ1) is 11.6. The standard InChI is InChI=1S/C20H18N2O2/c1-13-9-15(17-5-3-4-6-19(17)21-13)12-24-16-8-7-14-11-22(2)20(23)18(14)10-16/h3-10H,11-12H2,1-2H3. The summed E-state index contributed by atoms with van der Waals surface area (Å²) in [5.74, 6) is 0.775. The van der Waals surface area contributed by atoms with Crippen molar-refractivity contribution >= 4 is 16.8 Å². The van der Waals surface area contributed by atoms with Gasteiger partial charge in [0.15, 0.2) is 0 Å². The topological polar surface area (TPSA) is 42.4 Å². The van der Waals surface area contributed by atoms with Crippen LogP contribution in [0.25, 0.3) is 10.9 Å². The number of para-hydroxylation sites is 1. The highest BCUT2D eigenvalue weighted by Gasteiger charge is 2.24. The predicted molar refractivity (Wildman–Crippen MR) is 93.1 cm³/mol. The molecule has 0 saturated carbocycles. The molecule has 4 nitrogen and oxygen atoms in total. The lowest BCUT2D eigenvalue weighted by atomic mass is 10.1. The van der Waals surface area contributed by atoms with E-state index in [0.717, 1.165) is 39.0 Å². The van der Waals surface area contributed by atoms with E-state index in [9.17, 15) is 4.79 Å². The molecule has 2 aromatic carbocycles. The van der Waals surface area contributed by atoms with Gasteiger partial charge >= 0.3 is 0 Å². The molecule has 0 bridgehead atoms. The fourth-order valence-electron chi connectivity index (χ4n) is 3.19. The highest BCUT2D eigenvalue weighted by atomic mass is 16.5. The molecule has 1 aliphatic heterocycles. The van der Waals surface area contributed by atoms with Crippen molar-refractivity contribution in [2.75, 3.05) is 7.05 Å². The maximum absolute atomic E-state index is 12.1. The molecule has 0 atom stereocenters. The van der Waals surface area contributed by atoms with Crippen molar-refractivity contribution in [1.82, 2.24) is 9.88 Å². The number of hydrogen-bond acceptors (Lipinski definition) is 3. The number of nitrogens with zero attached hydrogens (tertiary/aromatic N) is 2. The average molecular weight is 318 g/mol. The molecule has 120 valence electrons. The van der Waals surface area contributed by atoms with Crippen molar-refractivity contribution in [2.45, 2.75) is 20.1 Å². The molecule has 2 heterocycles. The minimum Gasteiger partial charge on any atom is -0.489 e. The molecule has 0 unspecified atom stereocenters. The fourth-order valence-corrected chi connectivity index (χ4v) is 3.19. The van der Waals surface area contributed by atoms with Gasteiger partial charge < -0.3 is 9.64 Å². The normalized spacial score (nSPS) is 13.4. The van der Waals surface area contributed by atoms with Crippen LogP contribution in [-0.2, 0) is 13.2 Å². The first-order valence-electron chi connectivity index (χ1n) is 7.98. The van der Waals surface area contributed by atoms with Crippen molar-refractivity contribution in [3.63, 3.8) is 0 Å². The SMILES string of the molecule is Cc1cc(COc2ccc3c(c2)C(=O)N(C)C3)c2ccccc2n1. The summed E-state index contributed by atoms with van der Waals surface area (Å²) < 4.78 is 5.97. The summed E-state index contributed by atoms with van der Waals surface area (Å²) >= 11 is 0. The third kappa shape index (κ3) is 2.50. The molecule has 0 fully saturated rings. The van der Waals surface area contributed by atoms with E-state index in [1.807, 2.05) is 50.4 Å². The van der Waals surface area contributed by atoms with Crippen LogP contribution in [0.4, 0.5) is 0 Å². The van der Waals surface area contributed by atoms with Gasteiger partial charge in [0, 0.05) is 35.8 Å². The molecule has 4 heteroatoms. The van der Waals surface area contributed by atoms with E-state index < -0.39 is 0 Å². The summed E-state index contributed by atoms with van der Waals surface area (Å²) in [5.41, 5.74) is 4.84. The molecule has 3 aromatic rings. The van der Waals surface area contributed by atoms with Crippen molar-refractivity contribution in [3.8, 4) is 5.75 Å². The van der Waals surface area contributed by atoms with E-state index >= 15 is 0 Å². The lowest BCUT2D eigenvalue weighted by Gasteiger charge is -2.10. The van der Waals surface area contributed by atoms with Crippen LogP contribution in [0.5, 0.6) is 5.75 Å². The quantitative estimate of drug-likeness (QED) is 0.739. The fraction of sp³-hybridized carbons (Fsp3) is 0.200. The number of carbonyl (C=O) groups excluding carboxylic acids is 1. The molecule has 4 rings (SSSR count). The summed E-state index contributed by atoms with van der Waals surface area (Å²) in [6.45, 7) is 3.11. The number of aromatic nitrogens is 1. The van der Waals surface area contributed by atoms with Crippen LogP contribution in [0, 0.1) is 6.92 Å². The number of carbonyl (C=O) groups is 1. The van der Waals surface area contributed by atoms with Crippen molar-refractivity contribution in [2.24, 2.45) is 0 Å². The minimum absolute atomic E-state index is 0.0562. The van der Waals surface area contributed by atoms with Gasteiger partial charge in [-0.3, -0.25) is 9.78 Å². The lowest BCUT2D eigenvalue weighted by Crippen LogP contribution is -2.17. The van der Waals surface area contributed by atoms with Gasteiger partial charge in [0.2, 0.25) is 0 Å². The van der Waals surface area contributed by atoms with Gasteiger partial charge in [-0.05, 0) is 36.8 Å².